The Bertz CT molecular complexity index is 672. The van der Waals surface area contributed by atoms with Crippen LogP contribution in [0.3, 0.4) is 0 Å². The van der Waals surface area contributed by atoms with Crippen LogP contribution in [0.2, 0.25) is 0 Å². The zero-order valence-electron chi connectivity index (χ0n) is 10.5. The van der Waals surface area contributed by atoms with Gasteiger partial charge in [0.1, 0.15) is 5.82 Å². The molecule has 0 amide bonds. The van der Waals surface area contributed by atoms with Crippen LogP contribution >= 0.6 is 12.2 Å². The van der Waals surface area contributed by atoms with E-state index in [0.717, 1.165) is 12.1 Å². The first-order chi connectivity index (χ1) is 9.34. The van der Waals surface area contributed by atoms with E-state index in [4.69, 9.17) is 12.2 Å². The van der Waals surface area contributed by atoms with Gasteiger partial charge < -0.3 is 4.57 Å². The number of aromatic amines is 1. The molecule has 0 saturated carbocycles. The standard InChI is InChI=1S/C12H11F4N3S/c1-2-5-19-10(17-18-11(19)20)8-6-7(12(14,15)16)3-4-9(8)13/h3-4,6H,2,5H2,1H3,(H,18,20). The third-order valence-corrected chi connectivity index (χ3v) is 3.05. The van der Waals surface area contributed by atoms with Crippen molar-refractivity contribution >= 4 is 12.2 Å². The maximum atomic E-state index is 13.8. The van der Waals surface area contributed by atoms with Gasteiger partial charge in [0.15, 0.2) is 10.6 Å². The highest BCUT2D eigenvalue weighted by Gasteiger charge is 2.31. The molecule has 0 radical (unpaired) electrons. The number of rotatable bonds is 3. The first kappa shape index (κ1) is 14.7. The van der Waals surface area contributed by atoms with Gasteiger partial charge in [0.05, 0.1) is 11.1 Å². The maximum absolute atomic E-state index is 13.8. The van der Waals surface area contributed by atoms with E-state index in [0.29, 0.717) is 19.0 Å². The predicted octanol–water partition coefficient (Wildman–Crippen LogP) is 4.18. The normalized spacial score (nSPS) is 11.8. The van der Waals surface area contributed by atoms with Gasteiger partial charge in [-0.3, -0.25) is 5.10 Å². The molecule has 1 heterocycles. The van der Waals surface area contributed by atoms with E-state index >= 15 is 0 Å². The first-order valence-electron chi connectivity index (χ1n) is 5.87. The van der Waals surface area contributed by atoms with Gasteiger partial charge in [-0.05, 0) is 36.8 Å². The Morgan fingerprint density at radius 3 is 2.65 bits per heavy atom. The fourth-order valence-corrected chi connectivity index (χ4v) is 2.05. The number of benzene rings is 1. The lowest BCUT2D eigenvalue weighted by Crippen LogP contribution is -2.07. The van der Waals surface area contributed by atoms with Gasteiger partial charge in [0.2, 0.25) is 0 Å². The highest BCUT2D eigenvalue weighted by Crippen LogP contribution is 2.33. The molecule has 0 aliphatic carbocycles. The Labute approximate surface area is 117 Å². The first-order valence-corrected chi connectivity index (χ1v) is 6.27. The second-order valence-corrected chi connectivity index (χ2v) is 4.58. The molecule has 1 aromatic carbocycles. The predicted molar refractivity (Wildman–Crippen MR) is 68.1 cm³/mol. The van der Waals surface area contributed by atoms with Gasteiger partial charge in [-0.2, -0.15) is 18.3 Å². The molecule has 2 rings (SSSR count). The van der Waals surface area contributed by atoms with Crippen molar-refractivity contribution < 1.29 is 17.6 Å². The third kappa shape index (κ3) is 2.74. The molecule has 1 N–H and O–H groups in total. The third-order valence-electron chi connectivity index (χ3n) is 2.74. The molecule has 8 heteroatoms. The van der Waals surface area contributed by atoms with Crippen LogP contribution in [0.5, 0.6) is 0 Å². The van der Waals surface area contributed by atoms with E-state index in [1.807, 2.05) is 6.92 Å². The summed E-state index contributed by atoms with van der Waals surface area (Å²) < 4.78 is 53.6. The highest BCUT2D eigenvalue weighted by molar-refractivity contribution is 7.71. The topological polar surface area (TPSA) is 33.6 Å². The second-order valence-electron chi connectivity index (χ2n) is 4.20. The van der Waals surface area contributed by atoms with Gasteiger partial charge in [0, 0.05) is 6.54 Å². The van der Waals surface area contributed by atoms with Gasteiger partial charge in [-0.25, -0.2) is 4.39 Å². The number of aromatic nitrogens is 3. The van der Waals surface area contributed by atoms with E-state index in [2.05, 4.69) is 10.2 Å². The number of nitrogens with zero attached hydrogens (tertiary/aromatic N) is 2. The molecule has 108 valence electrons. The van der Waals surface area contributed by atoms with Crippen LogP contribution < -0.4 is 0 Å². The minimum Gasteiger partial charge on any atom is -0.300 e. The van der Waals surface area contributed by atoms with Gasteiger partial charge in [-0.15, -0.1) is 0 Å². The Morgan fingerprint density at radius 1 is 1.35 bits per heavy atom. The van der Waals surface area contributed by atoms with Crippen molar-refractivity contribution in [3.8, 4) is 11.4 Å². The van der Waals surface area contributed by atoms with E-state index in [9.17, 15) is 17.6 Å². The van der Waals surface area contributed by atoms with Crippen molar-refractivity contribution in [2.45, 2.75) is 26.1 Å². The van der Waals surface area contributed by atoms with E-state index in [1.54, 1.807) is 0 Å². The van der Waals surface area contributed by atoms with Crippen LogP contribution in [0.4, 0.5) is 17.6 Å². The van der Waals surface area contributed by atoms with Crippen LogP contribution in [0.1, 0.15) is 18.9 Å². The summed E-state index contributed by atoms with van der Waals surface area (Å²) in [5.41, 5.74) is -1.15. The van der Waals surface area contributed by atoms with E-state index < -0.39 is 17.6 Å². The lowest BCUT2D eigenvalue weighted by Gasteiger charge is -2.10. The average molecular weight is 305 g/mol. The van der Waals surface area contributed by atoms with E-state index in [-0.39, 0.29) is 16.2 Å². The number of hydrogen-bond acceptors (Lipinski definition) is 2. The zero-order chi connectivity index (χ0) is 14.9. The molecular formula is C12H11F4N3S. The molecule has 0 unspecified atom stereocenters. The average Bonchev–Trinajstić information content (AvgIpc) is 2.71. The van der Waals surface area contributed by atoms with Gasteiger partial charge in [0.25, 0.3) is 0 Å². The van der Waals surface area contributed by atoms with Gasteiger partial charge >= 0.3 is 6.18 Å². The largest absolute Gasteiger partial charge is 0.416 e. The molecular weight excluding hydrogens is 294 g/mol. The van der Waals surface area contributed by atoms with Crippen molar-refractivity contribution in [2.24, 2.45) is 0 Å². The van der Waals surface area contributed by atoms with Crippen LogP contribution in [0.25, 0.3) is 11.4 Å². The minimum absolute atomic E-state index is 0.0699. The van der Waals surface area contributed by atoms with Crippen molar-refractivity contribution in [2.75, 3.05) is 0 Å². The SMILES string of the molecule is CCCn1c(-c2cc(C(F)(F)F)ccc2F)n[nH]c1=S. The van der Waals surface area contributed by atoms with Crippen molar-refractivity contribution in [1.29, 1.82) is 0 Å². The lowest BCUT2D eigenvalue weighted by atomic mass is 10.1. The molecule has 20 heavy (non-hydrogen) atoms. The second kappa shape index (κ2) is 5.35. The fraction of sp³-hybridized carbons (Fsp3) is 0.333. The molecule has 1 aromatic heterocycles. The number of hydrogen-bond donors (Lipinski definition) is 1. The minimum atomic E-state index is -4.54. The van der Waals surface area contributed by atoms with Crippen LogP contribution in [-0.2, 0) is 12.7 Å². The van der Waals surface area contributed by atoms with Crippen molar-refractivity contribution in [3.63, 3.8) is 0 Å². The Hall–Kier alpha value is -1.70. The Balaban J connectivity index is 2.61. The van der Waals surface area contributed by atoms with Crippen LogP contribution in [0.15, 0.2) is 18.2 Å². The fourth-order valence-electron chi connectivity index (χ4n) is 1.83. The number of halogens is 4. The molecule has 2 aromatic rings. The molecule has 0 aliphatic heterocycles. The molecule has 0 atom stereocenters. The number of nitrogens with one attached hydrogen (secondary N) is 1. The summed E-state index contributed by atoms with van der Waals surface area (Å²) in [6.45, 7) is 2.32. The number of H-pyrrole nitrogens is 1. The highest BCUT2D eigenvalue weighted by atomic mass is 32.1. The summed E-state index contributed by atoms with van der Waals surface area (Å²) in [6.07, 6.45) is -3.84. The summed E-state index contributed by atoms with van der Waals surface area (Å²) in [6, 6.07) is 2.23. The maximum Gasteiger partial charge on any atom is 0.416 e. The smallest absolute Gasteiger partial charge is 0.300 e. The zero-order valence-corrected chi connectivity index (χ0v) is 11.3. The Kier molecular flexibility index (Phi) is 3.94. The van der Waals surface area contributed by atoms with Crippen LogP contribution in [-0.4, -0.2) is 14.8 Å². The molecule has 0 bridgehead atoms. The quantitative estimate of drug-likeness (QED) is 0.682. The van der Waals surface area contributed by atoms with Crippen LogP contribution in [0, 0.1) is 10.6 Å². The summed E-state index contributed by atoms with van der Waals surface area (Å²) in [4.78, 5) is 0. The molecule has 0 saturated heterocycles. The van der Waals surface area contributed by atoms with E-state index in [1.165, 1.54) is 4.57 Å². The van der Waals surface area contributed by atoms with Gasteiger partial charge in [-0.1, -0.05) is 6.92 Å². The monoisotopic (exact) mass is 305 g/mol. The molecule has 0 spiro atoms. The van der Waals surface area contributed by atoms with Crippen molar-refractivity contribution in [1.82, 2.24) is 14.8 Å². The van der Waals surface area contributed by atoms with Crippen molar-refractivity contribution in [3.05, 3.63) is 34.4 Å². The molecule has 0 aliphatic rings. The molecule has 0 fully saturated rings. The summed E-state index contributed by atoms with van der Waals surface area (Å²) in [5.74, 6) is -0.704. The lowest BCUT2D eigenvalue weighted by molar-refractivity contribution is -0.137. The Morgan fingerprint density at radius 2 is 2.05 bits per heavy atom. The molecule has 3 nitrogen and oxygen atoms in total. The number of alkyl halides is 3. The summed E-state index contributed by atoms with van der Waals surface area (Å²) >= 11 is 4.99. The summed E-state index contributed by atoms with van der Waals surface area (Å²) in [7, 11) is 0. The summed E-state index contributed by atoms with van der Waals surface area (Å²) in [5, 5.41) is 6.30.